The van der Waals surface area contributed by atoms with E-state index in [0.29, 0.717) is 17.7 Å². The monoisotopic (exact) mass is 265 g/mol. The standard InChI is InChI=1S/C14H17F2N3/c1-9-5-14(16)12(6-13(9)15)10(2)18-4-3-11-7-17-8-19-11/h5-8,10,18H,3-4H2,1-2H3,(H,17,19). The maximum absolute atomic E-state index is 13.8. The van der Waals surface area contributed by atoms with Crippen LogP contribution in [0.15, 0.2) is 24.7 Å². The number of H-pyrrole nitrogens is 1. The molecule has 0 radical (unpaired) electrons. The number of aromatic amines is 1. The molecule has 0 fully saturated rings. The SMILES string of the molecule is Cc1cc(F)c(C(C)NCCc2cnc[nH]2)cc1F. The molecule has 0 amide bonds. The first-order valence-corrected chi connectivity index (χ1v) is 6.24. The van der Waals surface area contributed by atoms with Gasteiger partial charge in [0, 0.05) is 36.5 Å². The zero-order valence-electron chi connectivity index (χ0n) is 11.0. The lowest BCUT2D eigenvalue weighted by Gasteiger charge is -2.15. The normalized spacial score (nSPS) is 12.6. The van der Waals surface area contributed by atoms with E-state index in [2.05, 4.69) is 15.3 Å². The number of nitrogens with one attached hydrogen (secondary N) is 2. The molecule has 0 aliphatic rings. The van der Waals surface area contributed by atoms with Gasteiger partial charge < -0.3 is 10.3 Å². The lowest BCUT2D eigenvalue weighted by Crippen LogP contribution is -2.22. The Morgan fingerprint density at radius 3 is 2.79 bits per heavy atom. The number of aromatic nitrogens is 2. The Morgan fingerprint density at radius 1 is 1.32 bits per heavy atom. The van der Waals surface area contributed by atoms with Crippen LogP contribution in [0, 0.1) is 18.6 Å². The van der Waals surface area contributed by atoms with E-state index in [1.807, 2.05) is 6.92 Å². The van der Waals surface area contributed by atoms with Gasteiger partial charge in [-0.2, -0.15) is 0 Å². The molecule has 0 bridgehead atoms. The number of aryl methyl sites for hydroxylation is 1. The van der Waals surface area contributed by atoms with E-state index in [1.54, 1.807) is 19.4 Å². The quantitative estimate of drug-likeness (QED) is 0.872. The van der Waals surface area contributed by atoms with Gasteiger partial charge in [-0.15, -0.1) is 0 Å². The van der Waals surface area contributed by atoms with Crippen molar-refractivity contribution in [2.75, 3.05) is 6.54 Å². The van der Waals surface area contributed by atoms with Crippen LogP contribution in [0.5, 0.6) is 0 Å². The van der Waals surface area contributed by atoms with Crippen molar-refractivity contribution in [1.29, 1.82) is 0 Å². The molecule has 1 atom stereocenters. The summed E-state index contributed by atoms with van der Waals surface area (Å²) in [5.41, 5.74) is 1.69. The Labute approximate surface area is 111 Å². The maximum atomic E-state index is 13.8. The summed E-state index contributed by atoms with van der Waals surface area (Å²) in [6.07, 6.45) is 4.13. The van der Waals surface area contributed by atoms with Gasteiger partial charge in [-0.05, 0) is 31.5 Å². The number of hydrogen-bond donors (Lipinski definition) is 2. The highest BCUT2D eigenvalue weighted by molar-refractivity contribution is 5.27. The highest BCUT2D eigenvalue weighted by Gasteiger charge is 2.13. The van der Waals surface area contributed by atoms with Crippen molar-refractivity contribution in [3.8, 4) is 0 Å². The van der Waals surface area contributed by atoms with Crippen molar-refractivity contribution >= 4 is 0 Å². The Kier molecular flexibility index (Phi) is 4.27. The summed E-state index contributed by atoms with van der Waals surface area (Å²) in [7, 11) is 0. The molecule has 102 valence electrons. The van der Waals surface area contributed by atoms with Crippen LogP contribution in [0.1, 0.15) is 29.8 Å². The molecule has 0 aliphatic carbocycles. The molecular weight excluding hydrogens is 248 g/mol. The average molecular weight is 265 g/mol. The summed E-state index contributed by atoms with van der Waals surface area (Å²) in [6.45, 7) is 4.04. The molecule has 2 N–H and O–H groups in total. The van der Waals surface area contributed by atoms with Crippen LogP contribution in [0.4, 0.5) is 8.78 Å². The summed E-state index contributed by atoms with van der Waals surface area (Å²) in [5.74, 6) is -0.751. The van der Waals surface area contributed by atoms with E-state index in [1.165, 1.54) is 12.1 Å². The number of rotatable bonds is 5. The van der Waals surface area contributed by atoms with Crippen LogP contribution in [0.3, 0.4) is 0 Å². The Hall–Kier alpha value is -1.75. The highest BCUT2D eigenvalue weighted by atomic mass is 19.1. The van der Waals surface area contributed by atoms with Gasteiger partial charge in [0.25, 0.3) is 0 Å². The second kappa shape index (κ2) is 5.93. The Balaban J connectivity index is 1.96. The first-order valence-electron chi connectivity index (χ1n) is 6.24. The number of benzene rings is 1. The minimum Gasteiger partial charge on any atom is -0.348 e. The molecule has 1 aromatic carbocycles. The third-order valence-electron chi connectivity index (χ3n) is 3.14. The van der Waals surface area contributed by atoms with Crippen LogP contribution in [0.25, 0.3) is 0 Å². The number of nitrogens with zero attached hydrogens (tertiary/aromatic N) is 1. The fraction of sp³-hybridized carbons (Fsp3) is 0.357. The minimum absolute atomic E-state index is 0.238. The number of imidazole rings is 1. The Morgan fingerprint density at radius 2 is 2.11 bits per heavy atom. The molecule has 19 heavy (non-hydrogen) atoms. The van der Waals surface area contributed by atoms with E-state index in [0.717, 1.165) is 12.1 Å². The smallest absolute Gasteiger partial charge is 0.128 e. The van der Waals surface area contributed by atoms with Crippen LogP contribution < -0.4 is 5.32 Å². The van der Waals surface area contributed by atoms with Crippen LogP contribution in [-0.2, 0) is 6.42 Å². The van der Waals surface area contributed by atoms with Gasteiger partial charge in [-0.25, -0.2) is 13.8 Å². The van der Waals surface area contributed by atoms with Crippen LogP contribution in [-0.4, -0.2) is 16.5 Å². The second-order valence-corrected chi connectivity index (χ2v) is 4.63. The summed E-state index contributed by atoms with van der Waals surface area (Å²) in [5, 5.41) is 3.17. The molecule has 3 nitrogen and oxygen atoms in total. The highest BCUT2D eigenvalue weighted by Crippen LogP contribution is 2.20. The summed E-state index contributed by atoms with van der Waals surface area (Å²) >= 11 is 0. The summed E-state index contributed by atoms with van der Waals surface area (Å²) < 4.78 is 27.2. The lowest BCUT2D eigenvalue weighted by molar-refractivity contribution is 0.518. The van der Waals surface area contributed by atoms with Crippen molar-refractivity contribution < 1.29 is 8.78 Å². The Bertz CT molecular complexity index is 538. The minimum atomic E-state index is -0.376. The lowest BCUT2D eigenvalue weighted by atomic mass is 10.0. The molecule has 0 spiro atoms. The van der Waals surface area contributed by atoms with E-state index >= 15 is 0 Å². The van der Waals surface area contributed by atoms with Crippen molar-refractivity contribution in [2.45, 2.75) is 26.3 Å². The molecule has 2 aromatic rings. The van der Waals surface area contributed by atoms with Crippen molar-refractivity contribution in [3.63, 3.8) is 0 Å². The third kappa shape index (κ3) is 3.38. The first-order chi connectivity index (χ1) is 9.08. The van der Waals surface area contributed by atoms with Crippen LogP contribution >= 0.6 is 0 Å². The maximum Gasteiger partial charge on any atom is 0.128 e. The van der Waals surface area contributed by atoms with Gasteiger partial charge in [0.1, 0.15) is 11.6 Å². The van der Waals surface area contributed by atoms with E-state index in [4.69, 9.17) is 0 Å². The molecule has 5 heteroatoms. The molecule has 2 rings (SSSR count). The largest absolute Gasteiger partial charge is 0.348 e. The van der Waals surface area contributed by atoms with E-state index in [9.17, 15) is 8.78 Å². The third-order valence-corrected chi connectivity index (χ3v) is 3.14. The predicted molar refractivity (Wildman–Crippen MR) is 69.8 cm³/mol. The van der Waals surface area contributed by atoms with Gasteiger partial charge in [-0.3, -0.25) is 0 Å². The van der Waals surface area contributed by atoms with Gasteiger partial charge in [0.15, 0.2) is 0 Å². The second-order valence-electron chi connectivity index (χ2n) is 4.63. The topological polar surface area (TPSA) is 40.7 Å². The molecule has 0 saturated heterocycles. The molecule has 1 unspecified atom stereocenters. The number of hydrogen-bond acceptors (Lipinski definition) is 2. The molecular formula is C14H17F2N3. The average Bonchev–Trinajstić information content (AvgIpc) is 2.86. The predicted octanol–water partition coefficient (Wildman–Crippen LogP) is 2.89. The van der Waals surface area contributed by atoms with Crippen molar-refractivity contribution in [3.05, 3.63) is 53.1 Å². The van der Waals surface area contributed by atoms with Crippen molar-refractivity contribution in [2.24, 2.45) is 0 Å². The van der Waals surface area contributed by atoms with Gasteiger partial charge in [0.05, 0.1) is 6.33 Å². The van der Waals surface area contributed by atoms with Crippen molar-refractivity contribution in [1.82, 2.24) is 15.3 Å². The van der Waals surface area contributed by atoms with Gasteiger partial charge in [-0.1, -0.05) is 0 Å². The molecule has 0 saturated carbocycles. The van der Waals surface area contributed by atoms with E-state index < -0.39 is 0 Å². The fourth-order valence-corrected chi connectivity index (χ4v) is 1.95. The fourth-order valence-electron chi connectivity index (χ4n) is 1.95. The molecule has 1 heterocycles. The summed E-state index contributed by atoms with van der Waals surface area (Å²) in [4.78, 5) is 6.91. The van der Waals surface area contributed by atoms with Gasteiger partial charge in [0.2, 0.25) is 0 Å². The van der Waals surface area contributed by atoms with Gasteiger partial charge >= 0.3 is 0 Å². The first kappa shape index (κ1) is 13.7. The van der Waals surface area contributed by atoms with Crippen LogP contribution in [0.2, 0.25) is 0 Å². The van der Waals surface area contributed by atoms with E-state index in [-0.39, 0.29) is 17.7 Å². The zero-order valence-corrected chi connectivity index (χ0v) is 11.0. The summed E-state index contributed by atoms with van der Waals surface area (Å²) in [6, 6.07) is 2.26. The zero-order chi connectivity index (χ0) is 13.8. The molecule has 1 aromatic heterocycles. The molecule has 0 aliphatic heterocycles. The number of halogens is 2.